The molecule has 144 valence electrons. The molecule has 29 heavy (non-hydrogen) atoms. The number of hydrogen-bond acceptors (Lipinski definition) is 2. The predicted octanol–water partition coefficient (Wildman–Crippen LogP) is 2.39. The number of imidazole rings is 1. The van der Waals surface area contributed by atoms with E-state index in [1.807, 2.05) is 66.5 Å². The molecule has 4 aromatic rings. The zero-order valence-electron chi connectivity index (χ0n) is 16.9. The second-order valence-electron chi connectivity index (χ2n) is 7.53. The van der Waals surface area contributed by atoms with Crippen molar-refractivity contribution in [3.05, 3.63) is 95.1 Å². The average Bonchev–Trinajstić information content (AvgIpc) is 2.99. The number of rotatable bonds is 6. The number of carbonyl (C=O) groups is 1. The van der Waals surface area contributed by atoms with Gasteiger partial charge in [0.15, 0.2) is 5.78 Å². The maximum absolute atomic E-state index is 12.8. The molecule has 5 heteroatoms. The van der Waals surface area contributed by atoms with Gasteiger partial charge in [-0.3, -0.25) is 10.2 Å². The van der Waals surface area contributed by atoms with Gasteiger partial charge in [0.1, 0.15) is 7.85 Å². The van der Waals surface area contributed by atoms with Gasteiger partial charge in [0, 0.05) is 12.6 Å². The minimum Gasteiger partial charge on any atom is -0.313 e. The smallest absolute Gasteiger partial charge is 0.203 e. The van der Waals surface area contributed by atoms with E-state index in [1.165, 1.54) is 11.1 Å². The first-order valence-electron chi connectivity index (χ1n) is 9.90. The Balaban J connectivity index is 1.67. The van der Waals surface area contributed by atoms with Crippen molar-refractivity contribution in [2.45, 2.75) is 19.4 Å². The second-order valence-corrected chi connectivity index (χ2v) is 7.53. The number of Topliss-reactive ketones (excluding diaryl/α,β-unsaturated/α-hetero) is 1. The molecule has 0 aliphatic heterocycles. The number of aryl methyl sites for hydroxylation is 3. The van der Waals surface area contributed by atoms with Gasteiger partial charge in [0.2, 0.25) is 5.62 Å². The molecule has 4 nitrogen and oxygen atoms in total. The van der Waals surface area contributed by atoms with Crippen LogP contribution in [-0.4, -0.2) is 22.8 Å². The maximum Gasteiger partial charge on any atom is 0.203 e. The summed E-state index contributed by atoms with van der Waals surface area (Å²) in [6, 6.07) is 24.2. The molecule has 4 rings (SSSR count). The first-order chi connectivity index (χ1) is 14.0. The standard InChI is InChI=1S/C24H24BN3O/c1-27-23-19(11-10-17-6-3-2-4-7-17)8-5-9-21(23)28(24(27)26)16-22(29)18-12-14-20(25)15-13-18/h2-9,12-15,26H,10-11,16,25H2,1H3. The molecule has 3 aromatic carbocycles. The number of benzene rings is 3. The molecule has 0 aliphatic carbocycles. The Morgan fingerprint density at radius 1 is 0.931 bits per heavy atom. The Labute approximate surface area is 171 Å². The normalized spacial score (nSPS) is 11.1. The maximum atomic E-state index is 12.8. The second kappa shape index (κ2) is 7.96. The van der Waals surface area contributed by atoms with Crippen LogP contribution in [0.5, 0.6) is 0 Å². The van der Waals surface area contributed by atoms with E-state index in [4.69, 9.17) is 5.41 Å². The monoisotopic (exact) mass is 381 g/mol. The largest absolute Gasteiger partial charge is 0.313 e. The van der Waals surface area contributed by atoms with Crippen LogP contribution in [0.2, 0.25) is 0 Å². The summed E-state index contributed by atoms with van der Waals surface area (Å²) in [5, 5.41) is 8.58. The van der Waals surface area contributed by atoms with Crippen LogP contribution in [0.3, 0.4) is 0 Å². The van der Waals surface area contributed by atoms with Crippen LogP contribution in [0, 0.1) is 5.41 Å². The van der Waals surface area contributed by atoms with E-state index in [0.717, 1.165) is 29.3 Å². The van der Waals surface area contributed by atoms with Crippen LogP contribution >= 0.6 is 0 Å². The molecule has 1 N–H and O–H groups in total. The number of aromatic nitrogens is 2. The zero-order chi connectivity index (χ0) is 20.4. The molecule has 0 bridgehead atoms. The van der Waals surface area contributed by atoms with Crippen LogP contribution in [0.4, 0.5) is 0 Å². The van der Waals surface area contributed by atoms with E-state index < -0.39 is 0 Å². The predicted molar refractivity (Wildman–Crippen MR) is 120 cm³/mol. The molecular weight excluding hydrogens is 357 g/mol. The Bertz CT molecular complexity index is 1220. The Kier molecular flexibility index (Phi) is 5.21. The molecule has 0 fully saturated rings. The summed E-state index contributed by atoms with van der Waals surface area (Å²) >= 11 is 0. The van der Waals surface area contributed by atoms with Crippen molar-refractivity contribution >= 4 is 30.1 Å². The minimum atomic E-state index is 0.0192. The summed E-state index contributed by atoms with van der Waals surface area (Å²) in [6.45, 7) is 0.168. The molecule has 0 amide bonds. The zero-order valence-corrected chi connectivity index (χ0v) is 16.9. The lowest BCUT2D eigenvalue weighted by molar-refractivity contribution is 0.0971. The lowest BCUT2D eigenvalue weighted by Crippen LogP contribution is -2.26. The topological polar surface area (TPSA) is 50.8 Å². The van der Waals surface area contributed by atoms with Crippen LogP contribution < -0.4 is 11.1 Å². The fraction of sp³-hybridized carbons (Fsp3) is 0.167. The van der Waals surface area contributed by atoms with Crippen molar-refractivity contribution in [3.8, 4) is 0 Å². The fourth-order valence-corrected chi connectivity index (χ4v) is 3.84. The average molecular weight is 381 g/mol. The van der Waals surface area contributed by atoms with Crippen molar-refractivity contribution in [2.75, 3.05) is 0 Å². The lowest BCUT2D eigenvalue weighted by atomic mass is 9.94. The molecule has 0 saturated heterocycles. The third-order valence-electron chi connectivity index (χ3n) is 5.50. The van der Waals surface area contributed by atoms with E-state index in [2.05, 4.69) is 30.3 Å². The highest BCUT2D eigenvalue weighted by Crippen LogP contribution is 2.20. The van der Waals surface area contributed by atoms with Crippen molar-refractivity contribution in [2.24, 2.45) is 7.05 Å². The van der Waals surface area contributed by atoms with Gasteiger partial charge in [-0.1, -0.05) is 72.2 Å². The summed E-state index contributed by atoms with van der Waals surface area (Å²) in [5.41, 5.74) is 6.61. The number of nitrogens with zero attached hydrogens (tertiary/aromatic N) is 2. The summed E-state index contributed by atoms with van der Waals surface area (Å²) in [5.74, 6) is 0.0192. The number of hydrogen-bond donors (Lipinski definition) is 1. The van der Waals surface area contributed by atoms with E-state index in [9.17, 15) is 4.79 Å². The first-order valence-corrected chi connectivity index (χ1v) is 9.90. The van der Waals surface area contributed by atoms with Crippen LogP contribution in [0.15, 0.2) is 72.8 Å². The van der Waals surface area contributed by atoms with E-state index in [-0.39, 0.29) is 12.3 Å². The van der Waals surface area contributed by atoms with E-state index >= 15 is 0 Å². The first kappa shape index (κ1) is 19.0. The van der Waals surface area contributed by atoms with Gasteiger partial charge < -0.3 is 9.13 Å². The van der Waals surface area contributed by atoms with Crippen molar-refractivity contribution < 1.29 is 4.79 Å². The van der Waals surface area contributed by atoms with Crippen molar-refractivity contribution in [1.82, 2.24) is 9.13 Å². The van der Waals surface area contributed by atoms with Gasteiger partial charge in [-0.2, -0.15) is 0 Å². The van der Waals surface area contributed by atoms with E-state index in [0.29, 0.717) is 11.2 Å². The van der Waals surface area contributed by atoms with Gasteiger partial charge in [-0.05, 0) is 30.0 Å². The third kappa shape index (κ3) is 3.81. The van der Waals surface area contributed by atoms with Crippen LogP contribution in [0.25, 0.3) is 11.0 Å². The SMILES string of the molecule is Bc1ccc(C(=O)Cn2c(=N)n(C)c3c(CCc4ccccc4)cccc32)cc1. The molecular formula is C24H24BN3O. The van der Waals surface area contributed by atoms with Gasteiger partial charge in [0.05, 0.1) is 17.6 Å². The molecule has 1 heterocycles. The van der Waals surface area contributed by atoms with Gasteiger partial charge in [0.25, 0.3) is 0 Å². The van der Waals surface area contributed by atoms with Gasteiger partial charge in [-0.25, -0.2) is 0 Å². The number of fused-ring (bicyclic) bond motifs is 1. The lowest BCUT2D eigenvalue weighted by Gasteiger charge is -2.07. The van der Waals surface area contributed by atoms with Crippen LogP contribution in [0.1, 0.15) is 21.5 Å². The van der Waals surface area contributed by atoms with Crippen molar-refractivity contribution in [3.63, 3.8) is 0 Å². The highest BCUT2D eigenvalue weighted by atomic mass is 16.1. The third-order valence-corrected chi connectivity index (χ3v) is 5.50. The summed E-state index contributed by atoms with van der Waals surface area (Å²) < 4.78 is 3.70. The summed E-state index contributed by atoms with van der Waals surface area (Å²) in [7, 11) is 3.91. The molecule has 0 saturated carbocycles. The molecule has 0 unspecified atom stereocenters. The number of ketones is 1. The Morgan fingerprint density at radius 2 is 1.66 bits per heavy atom. The minimum absolute atomic E-state index is 0.0192. The van der Waals surface area contributed by atoms with Crippen molar-refractivity contribution in [1.29, 1.82) is 5.41 Å². The van der Waals surface area contributed by atoms with Crippen LogP contribution in [-0.2, 0) is 26.4 Å². The van der Waals surface area contributed by atoms with Gasteiger partial charge >= 0.3 is 0 Å². The summed E-state index contributed by atoms with van der Waals surface area (Å²) in [6.07, 6.45) is 1.84. The fourth-order valence-electron chi connectivity index (χ4n) is 3.84. The quantitative estimate of drug-likeness (QED) is 0.405. The summed E-state index contributed by atoms with van der Waals surface area (Å²) in [4.78, 5) is 12.8. The van der Waals surface area contributed by atoms with E-state index in [1.54, 1.807) is 0 Å². The molecule has 0 radical (unpaired) electrons. The number of para-hydroxylation sites is 1. The molecule has 0 atom stereocenters. The highest BCUT2D eigenvalue weighted by Gasteiger charge is 2.15. The molecule has 0 spiro atoms. The number of carbonyl (C=O) groups excluding carboxylic acids is 1. The van der Waals surface area contributed by atoms with Gasteiger partial charge in [-0.15, -0.1) is 0 Å². The molecule has 1 aromatic heterocycles. The highest BCUT2D eigenvalue weighted by molar-refractivity contribution is 6.32. The molecule has 0 aliphatic rings. The Hall–Kier alpha value is -3.34. The Morgan fingerprint density at radius 3 is 2.38 bits per heavy atom. The number of nitrogens with one attached hydrogen (secondary N) is 1.